The van der Waals surface area contributed by atoms with E-state index < -0.39 is 0 Å². The first-order chi connectivity index (χ1) is 7.61. The minimum atomic E-state index is -0.244. The maximum absolute atomic E-state index is 5.78. The molecule has 1 heterocycles. The van der Waals surface area contributed by atoms with Gasteiger partial charge in [0.15, 0.2) is 0 Å². The number of methoxy groups -OCH3 is 1. The molecule has 1 aromatic carbocycles. The Morgan fingerprint density at radius 3 is 3.00 bits per heavy atom. The predicted molar refractivity (Wildman–Crippen MR) is 63.7 cm³/mol. The normalized spacial score (nSPS) is 29.3. The van der Waals surface area contributed by atoms with E-state index in [9.17, 15) is 0 Å². The Kier molecular flexibility index (Phi) is 3.17. The molecular formula is C13H19NO2. The highest BCUT2D eigenvalue weighted by atomic mass is 16.5. The SMILES string of the molecule is COc1cccc(CC2(C)NC(C)CO2)c1. The van der Waals surface area contributed by atoms with Crippen molar-refractivity contribution in [2.45, 2.75) is 32.0 Å². The van der Waals surface area contributed by atoms with Gasteiger partial charge in [0.1, 0.15) is 11.5 Å². The quantitative estimate of drug-likeness (QED) is 0.846. The fourth-order valence-electron chi connectivity index (χ4n) is 2.19. The maximum Gasteiger partial charge on any atom is 0.120 e. The zero-order chi connectivity index (χ0) is 11.6. The molecule has 2 atom stereocenters. The molecule has 0 aromatic heterocycles. The standard InChI is InChI=1S/C13H19NO2/c1-10-9-16-13(2,14-10)8-11-5-4-6-12(7-11)15-3/h4-7,10,14H,8-9H2,1-3H3. The summed E-state index contributed by atoms with van der Waals surface area (Å²) in [5, 5.41) is 3.45. The van der Waals surface area contributed by atoms with Gasteiger partial charge in [-0.1, -0.05) is 12.1 Å². The second-order valence-electron chi connectivity index (χ2n) is 4.62. The number of hydrogen-bond donors (Lipinski definition) is 1. The molecule has 3 heteroatoms. The molecule has 0 aliphatic carbocycles. The van der Waals surface area contributed by atoms with E-state index in [4.69, 9.17) is 9.47 Å². The van der Waals surface area contributed by atoms with Gasteiger partial charge < -0.3 is 9.47 Å². The van der Waals surface area contributed by atoms with Crippen LogP contribution in [0.15, 0.2) is 24.3 Å². The summed E-state index contributed by atoms with van der Waals surface area (Å²) in [6.07, 6.45) is 0.856. The predicted octanol–water partition coefficient (Wildman–Crippen LogP) is 1.96. The Balaban J connectivity index is 2.08. The topological polar surface area (TPSA) is 30.5 Å². The van der Waals surface area contributed by atoms with Crippen molar-refractivity contribution < 1.29 is 9.47 Å². The van der Waals surface area contributed by atoms with Crippen LogP contribution in [0.25, 0.3) is 0 Å². The minimum Gasteiger partial charge on any atom is -0.497 e. The fraction of sp³-hybridized carbons (Fsp3) is 0.538. The van der Waals surface area contributed by atoms with Gasteiger partial charge >= 0.3 is 0 Å². The Morgan fingerprint density at radius 2 is 2.38 bits per heavy atom. The third kappa shape index (κ3) is 2.54. The zero-order valence-electron chi connectivity index (χ0n) is 10.1. The van der Waals surface area contributed by atoms with Crippen molar-refractivity contribution in [2.75, 3.05) is 13.7 Å². The molecule has 0 amide bonds. The summed E-state index contributed by atoms with van der Waals surface area (Å²) in [6, 6.07) is 8.55. The van der Waals surface area contributed by atoms with Gasteiger partial charge in [0.25, 0.3) is 0 Å². The van der Waals surface area contributed by atoms with Gasteiger partial charge in [-0.25, -0.2) is 0 Å². The minimum absolute atomic E-state index is 0.244. The van der Waals surface area contributed by atoms with Crippen molar-refractivity contribution in [3.8, 4) is 5.75 Å². The monoisotopic (exact) mass is 221 g/mol. The van der Waals surface area contributed by atoms with Crippen LogP contribution < -0.4 is 10.1 Å². The lowest BCUT2D eigenvalue weighted by atomic mass is 10.0. The van der Waals surface area contributed by atoms with Crippen LogP contribution in [0.1, 0.15) is 19.4 Å². The molecule has 1 aromatic rings. The first-order valence-electron chi connectivity index (χ1n) is 5.66. The number of hydrogen-bond acceptors (Lipinski definition) is 3. The highest BCUT2D eigenvalue weighted by Crippen LogP contribution is 2.22. The third-order valence-corrected chi connectivity index (χ3v) is 2.88. The summed E-state index contributed by atoms with van der Waals surface area (Å²) in [4.78, 5) is 0. The van der Waals surface area contributed by atoms with E-state index in [0.29, 0.717) is 6.04 Å². The first kappa shape index (κ1) is 11.4. The molecule has 1 saturated heterocycles. The molecule has 0 radical (unpaired) electrons. The van der Waals surface area contributed by atoms with E-state index in [1.54, 1.807) is 7.11 Å². The van der Waals surface area contributed by atoms with Crippen molar-refractivity contribution in [1.82, 2.24) is 5.32 Å². The lowest BCUT2D eigenvalue weighted by molar-refractivity contribution is 0.00688. The highest BCUT2D eigenvalue weighted by molar-refractivity contribution is 5.29. The lowest BCUT2D eigenvalue weighted by Crippen LogP contribution is -2.42. The van der Waals surface area contributed by atoms with Gasteiger partial charge in [-0.15, -0.1) is 0 Å². The maximum atomic E-state index is 5.78. The van der Waals surface area contributed by atoms with E-state index in [1.807, 2.05) is 12.1 Å². The van der Waals surface area contributed by atoms with Gasteiger partial charge in [0.2, 0.25) is 0 Å². The van der Waals surface area contributed by atoms with Gasteiger partial charge in [0.05, 0.1) is 13.7 Å². The average Bonchev–Trinajstić information content (AvgIpc) is 2.58. The smallest absolute Gasteiger partial charge is 0.120 e. The van der Waals surface area contributed by atoms with Crippen molar-refractivity contribution in [2.24, 2.45) is 0 Å². The number of rotatable bonds is 3. The Morgan fingerprint density at radius 1 is 1.56 bits per heavy atom. The van der Waals surface area contributed by atoms with E-state index >= 15 is 0 Å². The van der Waals surface area contributed by atoms with E-state index in [0.717, 1.165) is 18.8 Å². The molecule has 2 unspecified atom stereocenters. The molecule has 1 aliphatic heterocycles. The van der Waals surface area contributed by atoms with Crippen molar-refractivity contribution in [3.63, 3.8) is 0 Å². The van der Waals surface area contributed by atoms with Gasteiger partial charge in [-0.05, 0) is 31.5 Å². The summed E-state index contributed by atoms with van der Waals surface area (Å²) in [5.74, 6) is 0.896. The largest absolute Gasteiger partial charge is 0.497 e. The van der Waals surface area contributed by atoms with Crippen LogP contribution in [0.5, 0.6) is 5.75 Å². The van der Waals surface area contributed by atoms with Gasteiger partial charge in [-0.3, -0.25) is 5.32 Å². The van der Waals surface area contributed by atoms with Crippen LogP contribution >= 0.6 is 0 Å². The van der Waals surface area contributed by atoms with Crippen LogP contribution in [0.4, 0.5) is 0 Å². The fourth-order valence-corrected chi connectivity index (χ4v) is 2.19. The lowest BCUT2D eigenvalue weighted by Gasteiger charge is -2.24. The zero-order valence-corrected chi connectivity index (χ0v) is 10.1. The molecule has 88 valence electrons. The van der Waals surface area contributed by atoms with Gasteiger partial charge in [-0.2, -0.15) is 0 Å². The van der Waals surface area contributed by atoms with E-state index in [1.165, 1.54) is 5.56 Å². The summed E-state index contributed by atoms with van der Waals surface area (Å²) < 4.78 is 11.0. The van der Waals surface area contributed by atoms with Crippen LogP contribution in [-0.4, -0.2) is 25.5 Å². The molecule has 1 fully saturated rings. The Labute approximate surface area is 96.8 Å². The van der Waals surface area contributed by atoms with Crippen LogP contribution in [-0.2, 0) is 11.2 Å². The molecule has 16 heavy (non-hydrogen) atoms. The van der Waals surface area contributed by atoms with Gasteiger partial charge in [0, 0.05) is 12.5 Å². The summed E-state index contributed by atoms with van der Waals surface area (Å²) in [6.45, 7) is 5.01. The van der Waals surface area contributed by atoms with Crippen molar-refractivity contribution in [3.05, 3.63) is 29.8 Å². The molecule has 1 N–H and O–H groups in total. The second kappa shape index (κ2) is 4.44. The number of benzene rings is 1. The molecule has 3 nitrogen and oxygen atoms in total. The summed E-state index contributed by atoms with van der Waals surface area (Å²) in [5.41, 5.74) is 0.981. The Hall–Kier alpha value is -1.06. The average molecular weight is 221 g/mol. The molecule has 2 rings (SSSR count). The Bertz CT molecular complexity index is 367. The summed E-state index contributed by atoms with van der Waals surface area (Å²) in [7, 11) is 1.69. The van der Waals surface area contributed by atoms with E-state index in [2.05, 4.69) is 31.3 Å². The van der Waals surface area contributed by atoms with Crippen molar-refractivity contribution >= 4 is 0 Å². The highest BCUT2D eigenvalue weighted by Gasteiger charge is 2.33. The molecular weight excluding hydrogens is 202 g/mol. The number of nitrogens with one attached hydrogen (secondary N) is 1. The van der Waals surface area contributed by atoms with E-state index in [-0.39, 0.29) is 5.72 Å². The molecule has 0 bridgehead atoms. The van der Waals surface area contributed by atoms with Crippen LogP contribution in [0.3, 0.4) is 0 Å². The summed E-state index contributed by atoms with van der Waals surface area (Å²) >= 11 is 0. The molecule has 0 saturated carbocycles. The van der Waals surface area contributed by atoms with Crippen LogP contribution in [0, 0.1) is 0 Å². The van der Waals surface area contributed by atoms with Crippen molar-refractivity contribution in [1.29, 1.82) is 0 Å². The number of ether oxygens (including phenoxy) is 2. The first-order valence-corrected chi connectivity index (χ1v) is 5.66. The molecule has 0 spiro atoms. The second-order valence-corrected chi connectivity index (χ2v) is 4.62. The third-order valence-electron chi connectivity index (χ3n) is 2.88. The molecule has 1 aliphatic rings. The van der Waals surface area contributed by atoms with Crippen LogP contribution in [0.2, 0.25) is 0 Å².